The number of piperidine rings is 1. The van der Waals surface area contributed by atoms with Crippen LogP contribution in [0.3, 0.4) is 0 Å². The lowest BCUT2D eigenvalue weighted by molar-refractivity contribution is 0.0941. The van der Waals surface area contributed by atoms with Crippen LogP contribution in [0.15, 0.2) is 66.0 Å². The molecule has 5 aromatic rings. The maximum atomic E-state index is 13.4. The largest absolute Gasteiger partial charge is 0.356 e. The average Bonchev–Trinajstić information content (AvgIpc) is 3.46. The van der Waals surface area contributed by atoms with E-state index < -0.39 is 0 Å². The Bertz CT molecular complexity index is 1690. The van der Waals surface area contributed by atoms with Crippen LogP contribution in [0, 0.1) is 0 Å². The number of imidazole rings is 1. The van der Waals surface area contributed by atoms with Gasteiger partial charge in [-0.15, -0.1) is 0 Å². The van der Waals surface area contributed by atoms with Gasteiger partial charge in [0.25, 0.3) is 0 Å². The van der Waals surface area contributed by atoms with Gasteiger partial charge in [-0.05, 0) is 31.0 Å². The first kappa shape index (κ1) is 21.9. The molecule has 0 amide bonds. The van der Waals surface area contributed by atoms with Gasteiger partial charge in [0.05, 0.1) is 16.6 Å². The van der Waals surface area contributed by atoms with Crippen LogP contribution in [0.25, 0.3) is 22.1 Å². The van der Waals surface area contributed by atoms with E-state index in [-0.39, 0.29) is 29.1 Å². The van der Waals surface area contributed by atoms with Crippen molar-refractivity contribution >= 4 is 39.6 Å². The third kappa shape index (κ3) is 3.58. The lowest BCUT2D eigenvalue weighted by Crippen LogP contribution is -2.37. The summed E-state index contributed by atoms with van der Waals surface area (Å²) in [7, 11) is 0. The molecule has 1 fully saturated rings. The minimum absolute atomic E-state index is 0.0485. The molecule has 0 unspecified atom stereocenters. The molecule has 0 atom stereocenters. The summed E-state index contributed by atoms with van der Waals surface area (Å²) in [6.45, 7) is 2.82. The molecule has 1 aliphatic rings. The molecule has 0 saturated carbocycles. The maximum Gasteiger partial charge on any atom is 0.327 e. The first-order chi connectivity index (χ1) is 17.5. The number of carbonyl (C=O) groups is 2. The van der Waals surface area contributed by atoms with E-state index in [0.29, 0.717) is 41.0 Å². The molecule has 1 saturated heterocycles. The van der Waals surface area contributed by atoms with Gasteiger partial charge in [-0.25, -0.2) is 19.7 Å². The molecule has 1 aliphatic heterocycles. The number of rotatable bonds is 4. The number of nitrogens with one attached hydrogen (secondary N) is 1. The summed E-state index contributed by atoms with van der Waals surface area (Å²) in [6, 6.07) is 12.8. The van der Waals surface area contributed by atoms with Crippen LogP contribution in [0.5, 0.6) is 0 Å². The second-order valence-corrected chi connectivity index (χ2v) is 8.93. The van der Waals surface area contributed by atoms with E-state index in [9.17, 15) is 14.4 Å². The van der Waals surface area contributed by atoms with Crippen LogP contribution in [-0.4, -0.2) is 53.9 Å². The van der Waals surface area contributed by atoms with E-state index in [0.717, 1.165) is 18.4 Å². The Kier molecular flexibility index (Phi) is 5.21. The number of aromatic nitrogens is 6. The second kappa shape index (κ2) is 8.56. The van der Waals surface area contributed by atoms with E-state index in [4.69, 9.17) is 0 Å². The second-order valence-electron chi connectivity index (χ2n) is 8.93. The normalized spacial score (nSPS) is 14.5. The van der Waals surface area contributed by atoms with Crippen molar-refractivity contribution in [3.05, 3.63) is 82.9 Å². The molecule has 1 aromatic carbocycles. The Labute approximate surface area is 205 Å². The number of carbonyl (C=O) groups excluding carboxylic acids is 2. The zero-order valence-corrected chi connectivity index (χ0v) is 19.6. The number of hydrogen-bond acceptors (Lipinski definition) is 7. The molecule has 10 nitrogen and oxygen atoms in total. The van der Waals surface area contributed by atoms with Gasteiger partial charge in [0.2, 0.25) is 11.7 Å². The number of nitrogens with zero attached hydrogens (tertiary/aromatic N) is 6. The van der Waals surface area contributed by atoms with Gasteiger partial charge in [0.15, 0.2) is 5.65 Å². The van der Waals surface area contributed by atoms with Gasteiger partial charge in [-0.2, -0.15) is 0 Å². The summed E-state index contributed by atoms with van der Waals surface area (Å²) in [5.41, 5.74) is 2.63. The number of para-hydroxylation sites is 1. The predicted molar refractivity (Wildman–Crippen MR) is 135 cm³/mol. The fourth-order valence-corrected chi connectivity index (χ4v) is 5.08. The van der Waals surface area contributed by atoms with E-state index in [1.165, 1.54) is 17.8 Å². The Morgan fingerprint density at radius 1 is 1.00 bits per heavy atom. The van der Waals surface area contributed by atoms with Crippen LogP contribution < -0.4 is 10.6 Å². The number of benzene rings is 1. The Hall–Kier alpha value is -4.60. The Morgan fingerprint density at radius 3 is 2.58 bits per heavy atom. The molecular formula is C26H23N7O3. The molecule has 4 aromatic heterocycles. The van der Waals surface area contributed by atoms with E-state index >= 15 is 0 Å². The van der Waals surface area contributed by atoms with Gasteiger partial charge >= 0.3 is 5.69 Å². The lowest BCUT2D eigenvalue weighted by Gasteiger charge is -2.33. The molecule has 180 valence electrons. The minimum Gasteiger partial charge on any atom is -0.356 e. The highest BCUT2D eigenvalue weighted by atomic mass is 16.2. The van der Waals surface area contributed by atoms with Gasteiger partial charge in [-0.1, -0.05) is 18.2 Å². The highest BCUT2D eigenvalue weighted by Gasteiger charge is 2.26. The lowest BCUT2D eigenvalue weighted by atomic mass is 10.0. The molecule has 0 aliphatic carbocycles. The zero-order chi connectivity index (χ0) is 24.8. The molecule has 1 N–H and O–H groups in total. The predicted octanol–water partition coefficient (Wildman–Crippen LogP) is 3.20. The number of ketones is 1. The van der Waals surface area contributed by atoms with E-state index in [1.54, 1.807) is 23.0 Å². The molecule has 0 spiro atoms. The van der Waals surface area contributed by atoms with Gasteiger partial charge in [0, 0.05) is 49.9 Å². The first-order valence-electron chi connectivity index (χ1n) is 11.8. The van der Waals surface area contributed by atoms with Crippen molar-refractivity contribution in [2.24, 2.45) is 0 Å². The van der Waals surface area contributed by atoms with Gasteiger partial charge in [-0.3, -0.25) is 23.7 Å². The summed E-state index contributed by atoms with van der Waals surface area (Å²) in [5, 5.41) is 0.706. The maximum absolute atomic E-state index is 13.4. The fourth-order valence-electron chi connectivity index (χ4n) is 5.08. The van der Waals surface area contributed by atoms with Crippen molar-refractivity contribution in [2.75, 3.05) is 18.0 Å². The summed E-state index contributed by atoms with van der Waals surface area (Å²) in [6.07, 6.45) is 6.14. The van der Waals surface area contributed by atoms with Crippen molar-refractivity contribution in [3.63, 3.8) is 0 Å². The van der Waals surface area contributed by atoms with E-state index in [2.05, 4.69) is 24.8 Å². The number of H-pyrrole nitrogens is 1. The molecule has 10 heteroatoms. The van der Waals surface area contributed by atoms with Crippen LogP contribution in [0.4, 0.5) is 5.82 Å². The summed E-state index contributed by atoms with van der Waals surface area (Å²) < 4.78 is 3.27. The first-order valence-corrected chi connectivity index (χ1v) is 11.8. The van der Waals surface area contributed by atoms with Crippen LogP contribution in [-0.2, 0) is 0 Å². The van der Waals surface area contributed by atoms with Gasteiger partial charge in [0.1, 0.15) is 17.8 Å². The summed E-state index contributed by atoms with van der Waals surface area (Å²) in [4.78, 5) is 55.9. The fraction of sp³-hybridized carbons (Fsp3) is 0.231. The molecule has 5 heterocycles. The van der Waals surface area contributed by atoms with Crippen molar-refractivity contribution in [3.8, 4) is 0 Å². The smallest absolute Gasteiger partial charge is 0.327 e. The Morgan fingerprint density at radius 2 is 1.78 bits per heavy atom. The third-order valence-electron chi connectivity index (χ3n) is 6.82. The minimum atomic E-state index is -0.261. The number of hydrogen-bond donors (Lipinski definition) is 1. The third-order valence-corrected chi connectivity index (χ3v) is 6.82. The molecule has 6 rings (SSSR count). The summed E-state index contributed by atoms with van der Waals surface area (Å²) in [5.74, 6) is 0.235. The number of anilines is 1. The number of fused-ring (bicyclic) bond motifs is 2. The van der Waals surface area contributed by atoms with Crippen LogP contribution in [0.1, 0.15) is 46.7 Å². The highest BCUT2D eigenvalue weighted by Crippen LogP contribution is 2.28. The molecule has 0 radical (unpaired) electrons. The molecule has 0 bridgehead atoms. The highest BCUT2D eigenvalue weighted by molar-refractivity contribution is 6.16. The average molecular weight is 482 g/mol. The van der Waals surface area contributed by atoms with Crippen molar-refractivity contribution in [2.45, 2.75) is 25.8 Å². The number of aromatic amines is 1. The Balaban J connectivity index is 1.25. The van der Waals surface area contributed by atoms with Crippen LogP contribution in [0.2, 0.25) is 0 Å². The monoisotopic (exact) mass is 481 g/mol. The standard InChI is InChI=1S/C26H23N7O3/c1-16(34)32-14-19(18-5-2-3-6-21(18)32)24(35)20-13-23(29-15-28-20)31-11-8-17(9-12-31)33-22-7-4-10-27-25(22)30-26(33)36/h2-7,10,13-15,17H,8-9,11-12H2,1H3,(H,27,30,36). The molecular weight excluding hydrogens is 458 g/mol. The SMILES string of the molecule is CC(=O)n1cc(C(=O)c2cc(N3CCC(n4c(=O)[nH]c5ncccc54)CC3)ncn2)c2ccccc21. The quantitative estimate of drug-likeness (QED) is 0.392. The van der Waals surface area contributed by atoms with E-state index in [1.807, 2.05) is 36.4 Å². The molecule has 36 heavy (non-hydrogen) atoms. The zero-order valence-electron chi connectivity index (χ0n) is 19.6. The topological polar surface area (TPSA) is 119 Å². The number of pyridine rings is 1. The summed E-state index contributed by atoms with van der Waals surface area (Å²) >= 11 is 0. The van der Waals surface area contributed by atoms with Gasteiger partial charge < -0.3 is 4.90 Å². The van der Waals surface area contributed by atoms with Crippen LogP contribution >= 0.6 is 0 Å². The van der Waals surface area contributed by atoms with Crippen molar-refractivity contribution < 1.29 is 9.59 Å². The van der Waals surface area contributed by atoms with Crippen molar-refractivity contribution in [1.82, 2.24) is 29.1 Å². The van der Waals surface area contributed by atoms with Crippen molar-refractivity contribution in [1.29, 1.82) is 0 Å².